The monoisotopic (exact) mass is 259 g/mol. The normalized spacial score (nSPS) is 17.7. The van der Waals surface area contributed by atoms with E-state index in [2.05, 4.69) is 22.2 Å². The second-order valence-electron chi connectivity index (χ2n) is 5.23. The first-order valence-electron chi connectivity index (χ1n) is 7.10. The SMILES string of the molecule is [N-]=[N+]=NC(CCO)c1ccc(C2CCCCC2)cc1. The van der Waals surface area contributed by atoms with Crippen LogP contribution in [-0.2, 0) is 0 Å². The number of benzene rings is 1. The fourth-order valence-corrected chi connectivity index (χ4v) is 2.90. The lowest BCUT2D eigenvalue weighted by molar-refractivity contribution is 0.276. The smallest absolute Gasteiger partial charge is 0.0647 e. The van der Waals surface area contributed by atoms with E-state index in [1.54, 1.807) is 0 Å². The zero-order valence-corrected chi connectivity index (χ0v) is 11.2. The molecule has 1 aliphatic rings. The van der Waals surface area contributed by atoms with Gasteiger partial charge < -0.3 is 5.11 Å². The first-order chi connectivity index (χ1) is 9.35. The molecule has 1 aromatic rings. The van der Waals surface area contributed by atoms with Crippen LogP contribution in [0.5, 0.6) is 0 Å². The van der Waals surface area contributed by atoms with Gasteiger partial charge in [-0.2, -0.15) is 0 Å². The minimum Gasteiger partial charge on any atom is -0.396 e. The van der Waals surface area contributed by atoms with Crippen molar-refractivity contribution >= 4 is 0 Å². The summed E-state index contributed by atoms with van der Waals surface area (Å²) < 4.78 is 0. The third-order valence-corrected chi connectivity index (χ3v) is 3.99. The predicted octanol–water partition coefficient (Wildman–Crippen LogP) is 4.47. The molecule has 102 valence electrons. The lowest BCUT2D eigenvalue weighted by Gasteiger charge is -2.22. The molecule has 1 unspecified atom stereocenters. The molecule has 0 aromatic heterocycles. The fraction of sp³-hybridized carbons (Fsp3) is 0.600. The van der Waals surface area contributed by atoms with E-state index in [4.69, 9.17) is 10.6 Å². The van der Waals surface area contributed by atoms with Crippen molar-refractivity contribution in [1.29, 1.82) is 0 Å². The number of nitrogens with zero attached hydrogens (tertiary/aromatic N) is 3. The van der Waals surface area contributed by atoms with Gasteiger partial charge in [-0.15, -0.1) is 0 Å². The molecule has 0 saturated heterocycles. The fourth-order valence-electron chi connectivity index (χ4n) is 2.90. The van der Waals surface area contributed by atoms with E-state index in [-0.39, 0.29) is 12.6 Å². The Morgan fingerprint density at radius 1 is 1.21 bits per heavy atom. The quantitative estimate of drug-likeness (QED) is 0.473. The van der Waals surface area contributed by atoms with Crippen LogP contribution in [0.2, 0.25) is 0 Å². The molecule has 1 fully saturated rings. The van der Waals surface area contributed by atoms with Crippen LogP contribution in [0.25, 0.3) is 10.4 Å². The standard InChI is InChI=1S/C15H21N3O/c16-18-17-15(10-11-19)14-8-6-13(7-9-14)12-4-2-1-3-5-12/h6-9,12,15,19H,1-5,10-11H2. The Morgan fingerprint density at radius 2 is 1.89 bits per heavy atom. The molecule has 1 aromatic carbocycles. The molecule has 2 rings (SSSR count). The summed E-state index contributed by atoms with van der Waals surface area (Å²) in [4.78, 5) is 2.86. The van der Waals surface area contributed by atoms with Gasteiger partial charge in [0.25, 0.3) is 0 Å². The van der Waals surface area contributed by atoms with Crippen molar-refractivity contribution in [2.75, 3.05) is 6.61 Å². The van der Waals surface area contributed by atoms with E-state index in [9.17, 15) is 0 Å². The van der Waals surface area contributed by atoms with E-state index < -0.39 is 0 Å². The second kappa shape index (κ2) is 7.17. The Labute approximate surface area is 114 Å². The molecule has 19 heavy (non-hydrogen) atoms. The molecule has 0 spiro atoms. The molecule has 0 heterocycles. The number of hydrogen-bond acceptors (Lipinski definition) is 2. The first kappa shape index (κ1) is 13.9. The maximum atomic E-state index is 9.00. The average Bonchev–Trinajstić information content (AvgIpc) is 2.48. The topological polar surface area (TPSA) is 69.0 Å². The third kappa shape index (κ3) is 3.72. The van der Waals surface area contributed by atoms with Crippen LogP contribution in [0, 0.1) is 0 Å². The summed E-state index contributed by atoms with van der Waals surface area (Å²) in [6, 6.07) is 8.14. The lowest BCUT2D eigenvalue weighted by Crippen LogP contribution is -2.05. The molecule has 4 nitrogen and oxygen atoms in total. The van der Waals surface area contributed by atoms with Gasteiger partial charge in [-0.1, -0.05) is 48.6 Å². The largest absolute Gasteiger partial charge is 0.396 e. The van der Waals surface area contributed by atoms with Gasteiger partial charge in [0.05, 0.1) is 6.04 Å². The number of aliphatic hydroxyl groups is 1. The maximum Gasteiger partial charge on any atom is 0.0647 e. The summed E-state index contributed by atoms with van der Waals surface area (Å²) >= 11 is 0. The number of hydrogen-bond donors (Lipinski definition) is 1. The maximum absolute atomic E-state index is 9.00. The van der Waals surface area contributed by atoms with Crippen molar-refractivity contribution in [3.8, 4) is 0 Å². The number of azide groups is 1. The van der Waals surface area contributed by atoms with Gasteiger partial charge in [0.1, 0.15) is 0 Å². The Hall–Kier alpha value is -1.51. The van der Waals surface area contributed by atoms with Crippen molar-refractivity contribution in [3.63, 3.8) is 0 Å². The Bertz CT molecular complexity index is 431. The van der Waals surface area contributed by atoms with Crippen LogP contribution in [-0.4, -0.2) is 11.7 Å². The van der Waals surface area contributed by atoms with Crippen LogP contribution in [0.15, 0.2) is 29.4 Å². The summed E-state index contributed by atoms with van der Waals surface area (Å²) in [5, 5.41) is 12.7. The molecular weight excluding hydrogens is 238 g/mol. The Morgan fingerprint density at radius 3 is 2.47 bits per heavy atom. The molecule has 1 N–H and O–H groups in total. The molecule has 0 radical (unpaired) electrons. The van der Waals surface area contributed by atoms with Crippen LogP contribution in [0.3, 0.4) is 0 Å². The van der Waals surface area contributed by atoms with Crippen LogP contribution >= 0.6 is 0 Å². The zero-order chi connectivity index (χ0) is 13.5. The highest BCUT2D eigenvalue weighted by Gasteiger charge is 2.16. The van der Waals surface area contributed by atoms with Crippen LogP contribution in [0.4, 0.5) is 0 Å². The molecule has 4 heteroatoms. The lowest BCUT2D eigenvalue weighted by atomic mass is 9.83. The highest BCUT2D eigenvalue weighted by Crippen LogP contribution is 2.33. The summed E-state index contributed by atoms with van der Waals surface area (Å²) in [6.07, 6.45) is 7.08. The highest BCUT2D eigenvalue weighted by molar-refractivity contribution is 5.27. The molecular formula is C15H21N3O. The minimum absolute atomic E-state index is 0.0358. The summed E-state index contributed by atoms with van der Waals surface area (Å²) in [7, 11) is 0. The number of aliphatic hydroxyl groups excluding tert-OH is 1. The second-order valence-corrected chi connectivity index (χ2v) is 5.23. The summed E-state index contributed by atoms with van der Waals surface area (Å²) in [5.74, 6) is 0.693. The summed E-state index contributed by atoms with van der Waals surface area (Å²) in [6.45, 7) is 0.0358. The van der Waals surface area contributed by atoms with E-state index >= 15 is 0 Å². The van der Waals surface area contributed by atoms with E-state index in [1.807, 2.05) is 12.1 Å². The van der Waals surface area contributed by atoms with E-state index in [1.165, 1.54) is 37.7 Å². The zero-order valence-electron chi connectivity index (χ0n) is 11.2. The average molecular weight is 259 g/mol. The highest BCUT2D eigenvalue weighted by atomic mass is 16.3. The Kier molecular flexibility index (Phi) is 5.25. The Balaban J connectivity index is 2.09. The van der Waals surface area contributed by atoms with Gasteiger partial charge >= 0.3 is 0 Å². The van der Waals surface area contributed by atoms with Crippen LogP contribution in [0.1, 0.15) is 61.6 Å². The first-order valence-corrected chi connectivity index (χ1v) is 7.10. The van der Waals surface area contributed by atoms with Gasteiger partial charge in [0, 0.05) is 11.5 Å². The van der Waals surface area contributed by atoms with Crippen molar-refractivity contribution < 1.29 is 5.11 Å². The van der Waals surface area contributed by atoms with Gasteiger partial charge in [-0.3, -0.25) is 0 Å². The summed E-state index contributed by atoms with van der Waals surface area (Å²) in [5.41, 5.74) is 10.9. The van der Waals surface area contributed by atoms with E-state index in [0.717, 1.165) is 5.56 Å². The van der Waals surface area contributed by atoms with E-state index in [0.29, 0.717) is 12.3 Å². The number of rotatable bonds is 5. The minimum atomic E-state index is -0.254. The molecule has 0 bridgehead atoms. The van der Waals surface area contributed by atoms with Crippen molar-refractivity contribution in [2.24, 2.45) is 5.11 Å². The molecule has 1 saturated carbocycles. The van der Waals surface area contributed by atoms with Crippen LogP contribution < -0.4 is 0 Å². The third-order valence-electron chi connectivity index (χ3n) is 3.99. The van der Waals surface area contributed by atoms with Gasteiger partial charge in [0.2, 0.25) is 0 Å². The molecule has 0 aliphatic heterocycles. The molecule has 1 aliphatic carbocycles. The predicted molar refractivity (Wildman–Crippen MR) is 75.9 cm³/mol. The molecule has 1 atom stereocenters. The van der Waals surface area contributed by atoms with Crippen molar-refractivity contribution in [2.45, 2.75) is 50.5 Å². The molecule has 0 amide bonds. The van der Waals surface area contributed by atoms with Gasteiger partial charge in [-0.05, 0) is 41.8 Å². The van der Waals surface area contributed by atoms with Crippen molar-refractivity contribution in [1.82, 2.24) is 0 Å². The van der Waals surface area contributed by atoms with Crippen molar-refractivity contribution in [3.05, 3.63) is 45.8 Å². The van der Waals surface area contributed by atoms with Gasteiger partial charge in [-0.25, -0.2) is 0 Å². The van der Waals surface area contributed by atoms with Gasteiger partial charge in [0.15, 0.2) is 0 Å².